The SMILES string of the molecule is CCC(NC)c1nnc(C2CCCCC2(C)C)s1. The van der Waals surface area contributed by atoms with Crippen molar-refractivity contribution >= 4 is 11.3 Å². The van der Waals surface area contributed by atoms with Gasteiger partial charge >= 0.3 is 0 Å². The van der Waals surface area contributed by atoms with E-state index in [-0.39, 0.29) is 0 Å². The third kappa shape index (κ3) is 2.75. The first-order valence-electron chi connectivity index (χ1n) is 7.09. The van der Waals surface area contributed by atoms with E-state index in [4.69, 9.17) is 0 Å². The Morgan fingerprint density at radius 3 is 2.78 bits per heavy atom. The van der Waals surface area contributed by atoms with Gasteiger partial charge in [-0.25, -0.2) is 0 Å². The molecule has 1 aliphatic rings. The van der Waals surface area contributed by atoms with E-state index >= 15 is 0 Å². The molecule has 102 valence electrons. The highest BCUT2D eigenvalue weighted by Crippen LogP contribution is 2.47. The van der Waals surface area contributed by atoms with Gasteiger partial charge in [-0.3, -0.25) is 0 Å². The molecule has 18 heavy (non-hydrogen) atoms. The Kier molecular flexibility index (Phi) is 4.38. The van der Waals surface area contributed by atoms with Crippen LogP contribution in [0, 0.1) is 5.41 Å². The Labute approximate surface area is 114 Å². The Hall–Kier alpha value is -0.480. The lowest BCUT2D eigenvalue weighted by Gasteiger charge is -2.37. The maximum absolute atomic E-state index is 4.48. The summed E-state index contributed by atoms with van der Waals surface area (Å²) in [7, 11) is 2.00. The summed E-state index contributed by atoms with van der Waals surface area (Å²) in [6.07, 6.45) is 6.36. The number of hydrogen-bond donors (Lipinski definition) is 1. The van der Waals surface area contributed by atoms with Gasteiger partial charge in [-0.05, 0) is 31.7 Å². The fraction of sp³-hybridized carbons (Fsp3) is 0.857. The van der Waals surface area contributed by atoms with Crippen LogP contribution < -0.4 is 5.32 Å². The lowest BCUT2D eigenvalue weighted by Crippen LogP contribution is -2.25. The van der Waals surface area contributed by atoms with E-state index in [1.165, 1.54) is 30.7 Å². The summed E-state index contributed by atoms with van der Waals surface area (Å²) in [6, 6.07) is 0.364. The van der Waals surface area contributed by atoms with Crippen LogP contribution in [0.5, 0.6) is 0 Å². The highest BCUT2D eigenvalue weighted by Gasteiger charge is 2.35. The summed E-state index contributed by atoms with van der Waals surface area (Å²) in [5.74, 6) is 0.604. The Morgan fingerprint density at radius 2 is 2.17 bits per heavy atom. The smallest absolute Gasteiger partial charge is 0.134 e. The van der Waals surface area contributed by atoms with Crippen molar-refractivity contribution in [2.45, 2.75) is 64.8 Å². The van der Waals surface area contributed by atoms with Gasteiger partial charge in [0.1, 0.15) is 10.0 Å². The van der Waals surface area contributed by atoms with Crippen molar-refractivity contribution < 1.29 is 0 Å². The predicted molar refractivity (Wildman–Crippen MR) is 77.0 cm³/mol. The van der Waals surface area contributed by atoms with E-state index in [9.17, 15) is 0 Å². The van der Waals surface area contributed by atoms with Gasteiger partial charge in [-0.15, -0.1) is 10.2 Å². The summed E-state index contributed by atoms with van der Waals surface area (Å²) < 4.78 is 0. The highest BCUT2D eigenvalue weighted by atomic mass is 32.1. The number of nitrogens with one attached hydrogen (secondary N) is 1. The van der Waals surface area contributed by atoms with Crippen molar-refractivity contribution in [3.63, 3.8) is 0 Å². The molecule has 2 unspecified atom stereocenters. The summed E-state index contributed by atoms with van der Waals surface area (Å²) in [5.41, 5.74) is 0.385. The van der Waals surface area contributed by atoms with Crippen LogP contribution in [0.2, 0.25) is 0 Å². The normalized spacial score (nSPS) is 25.0. The van der Waals surface area contributed by atoms with Gasteiger partial charge in [0.05, 0.1) is 6.04 Å². The van der Waals surface area contributed by atoms with E-state index in [0.717, 1.165) is 11.4 Å². The molecule has 0 aliphatic heterocycles. The van der Waals surface area contributed by atoms with Crippen molar-refractivity contribution in [1.82, 2.24) is 15.5 Å². The molecule has 1 N–H and O–H groups in total. The lowest BCUT2D eigenvalue weighted by molar-refractivity contribution is 0.198. The summed E-state index contributed by atoms with van der Waals surface area (Å²) in [6.45, 7) is 6.95. The van der Waals surface area contributed by atoms with Gasteiger partial charge in [-0.1, -0.05) is 44.9 Å². The molecular weight excluding hydrogens is 242 g/mol. The molecule has 0 saturated heterocycles. The van der Waals surface area contributed by atoms with Crippen LogP contribution in [0.4, 0.5) is 0 Å². The molecule has 1 fully saturated rings. The third-order valence-electron chi connectivity index (χ3n) is 4.32. The Balaban J connectivity index is 2.18. The molecule has 2 atom stereocenters. The summed E-state index contributed by atoms with van der Waals surface area (Å²) in [4.78, 5) is 0. The molecule has 1 aromatic heterocycles. The second-order valence-electron chi connectivity index (χ2n) is 6.01. The van der Waals surface area contributed by atoms with E-state index in [1.54, 1.807) is 0 Å². The molecule has 1 aliphatic carbocycles. The van der Waals surface area contributed by atoms with Crippen molar-refractivity contribution in [2.24, 2.45) is 5.41 Å². The highest BCUT2D eigenvalue weighted by molar-refractivity contribution is 7.11. The van der Waals surface area contributed by atoms with Gasteiger partial charge in [0.2, 0.25) is 0 Å². The maximum Gasteiger partial charge on any atom is 0.134 e. The molecule has 1 heterocycles. The molecule has 3 nitrogen and oxygen atoms in total. The second kappa shape index (κ2) is 5.66. The van der Waals surface area contributed by atoms with Crippen molar-refractivity contribution in [2.75, 3.05) is 7.05 Å². The quantitative estimate of drug-likeness (QED) is 0.899. The summed E-state index contributed by atoms with van der Waals surface area (Å²) >= 11 is 1.81. The monoisotopic (exact) mass is 267 g/mol. The standard InChI is InChI=1S/C14H25N3S/c1-5-11(15-4)13-17-16-12(18-13)10-8-6-7-9-14(10,2)3/h10-11,15H,5-9H2,1-4H3. The minimum absolute atomic E-state index is 0.364. The van der Waals surface area contributed by atoms with E-state index in [0.29, 0.717) is 17.4 Å². The van der Waals surface area contributed by atoms with Crippen molar-refractivity contribution in [3.8, 4) is 0 Å². The molecule has 2 rings (SSSR count). The summed E-state index contributed by atoms with van der Waals surface area (Å²) in [5, 5.41) is 14.6. The van der Waals surface area contributed by atoms with Crippen LogP contribution in [0.1, 0.15) is 74.9 Å². The zero-order chi connectivity index (χ0) is 13.2. The fourth-order valence-electron chi connectivity index (χ4n) is 2.98. The molecule has 0 amide bonds. The van der Waals surface area contributed by atoms with Crippen LogP contribution >= 0.6 is 11.3 Å². The molecule has 4 heteroatoms. The largest absolute Gasteiger partial charge is 0.311 e. The first-order valence-corrected chi connectivity index (χ1v) is 7.90. The minimum Gasteiger partial charge on any atom is -0.311 e. The van der Waals surface area contributed by atoms with Gasteiger partial charge in [0.25, 0.3) is 0 Å². The van der Waals surface area contributed by atoms with Crippen LogP contribution in [-0.2, 0) is 0 Å². The molecule has 0 bridgehead atoms. The van der Waals surface area contributed by atoms with Crippen LogP contribution in [0.25, 0.3) is 0 Å². The number of nitrogens with zero attached hydrogens (tertiary/aromatic N) is 2. The third-order valence-corrected chi connectivity index (χ3v) is 5.47. The molecule has 1 aromatic rings. The Morgan fingerprint density at radius 1 is 1.39 bits per heavy atom. The van der Waals surface area contributed by atoms with E-state index in [2.05, 4.69) is 36.3 Å². The lowest BCUT2D eigenvalue weighted by atomic mass is 9.69. The van der Waals surface area contributed by atoms with Crippen molar-refractivity contribution in [1.29, 1.82) is 0 Å². The average molecular weight is 267 g/mol. The topological polar surface area (TPSA) is 37.8 Å². The van der Waals surface area contributed by atoms with Gasteiger partial charge < -0.3 is 5.32 Å². The van der Waals surface area contributed by atoms with Crippen LogP contribution in [0.3, 0.4) is 0 Å². The maximum atomic E-state index is 4.48. The second-order valence-corrected chi connectivity index (χ2v) is 7.06. The van der Waals surface area contributed by atoms with Crippen LogP contribution in [-0.4, -0.2) is 17.2 Å². The molecule has 0 aromatic carbocycles. The van der Waals surface area contributed by atoms with E-state index < -0.39 is 0 Å². The number of rotatable bonds is 4. The zero-order valence-corrected chi connectivity index (χ0v) is 12.8. The average Bonchev–Trinajstić information content (AvgIpc) is 2.79. The molecular formula is C14H25N3S. The molecule has 0 radical (unpaired) electrons. The molecule has 1 saturated carbocycles. The number of aromatic nitrogens is 2. The minimum atomic E-state index is 0.364. The predicted octanol–water partition coefficient (Wildman–Crippen LogP) is 3.89. The first kappa shape index (κ1) is 13.9. The van der Waals surface area contributed by atoms with Gasteiger partial charge in [0.15, 0.2) is 0 Å². The van der Waals surface area contributed by atoms with Crippen LogP contribution in [0.15, 0.2) is 0 Å². The number of hydrogen-bond acceptors (Lipinski definition) is 4. The molecule has 0 spiro atoms. The van der Waals surface area contributed by atoms with Gasteiger partial charge in [-0.2, -0.15) is 0 Å². The fourth-order valence-corrected chi connectivity index (χ4v) is 4.37. The zero-order valence-electron chi connectivity index (χ0n) is 12.0. The first-order chi connectivity index (χ1) is 8.58. The van der Waals surface area contributed by atoms with E-state index in [1.807, 2.05) is 18.4 Å². The van der Waals surface area contributed by atoms with Crippen molar-refractivity contribution in [3.05, 3.63) is 10.0 Å². The van der Waals surface area contributed by atoms with Gasteiger partial charge in [0, 0.05) is 5.92 Å². The Bertz CT molecular complexity index is 382.